The molecular weight excluding hydrogens is 226 g/mol. The summed E-state index contributed by atoms with van der Waals surface area (Å²) in [6.07, 6.45) is 4.83. The van der Waals surface area contributed by atoms with Gasteiger partial charge in [-0.3, -0.25) is 9.69 Å². The largest absolute Gasteiger partial charge is 0.480 e. The zero-order valence-electron chi connectivity index (χ0n) is 12.8. The van der Waals surface area contributed by atoms with Crippen LogP contribution in [0, 0.1) is 11.3 Å². The van der Waals surface area contributed by atoms with Crippen LogP contribution in [0.4, 0.5) is 0 Å². The molecule has 0 aliphatic heterocycles. The molecule has 18 heavy (non-hydrogen) atoms. The second-order valence-corrected chi connectivity index (χ2v) is 7.30. The summed E-state index contributed by atoms with van der Waals surface area (Å²) in [5.74, 6) is -0.155. The molecule has 1 aliphatic rings. The van der Waals surface area contributed by atoms with Crippen LogP contribution in [0.2, 0.25) is 0 Å². The van der Waals surface area contributed by atoms with Crippen LogP contribution >= 0.6 is 0 Å². The van der Waals surface area contributed by atoms with E-state index in [-0.39, 0.29) is 5.41 Å². The molecule has 0 spiro atoms. The van der Waals surface area contributed by atoms with Crippen molar-refractivity contribution in [2.75, 3.05) is 7.05 Å². The van der Waals surface area contributed by atoms with Crippen LogP contribution in [-0.2, 0) is 4.79 Å². The minimum absolute atomic E-state index is 0.244. The number of carboxylic acids is 1. The molecule has 0 aromatic rings. The molecule has 2 atom stereocenters. The van der Waals surface area contributed by atoms with E-state index in [2.05, 4.69) is 25.7 Å². The van der Waals surface area contributed by atoms with Crippen molar-refractivity contribution < 1.29 is 9.90 Å². The lowest BCUT2D eigenvalue weighted by Crippen LogP contribution is -2.57. The van der Waals surface area contributed by atoms with Gasteiger partial charge < -0.3 is 5.11 Å². The quantitative estimate of drug-likeness (QED) is 0.840. The van der Waals surface area contributed by atoms with Gasteiger partial charge in [0.25, 0.3) is 0 Å². The van der Waals surface area contributed by atoms with Crippen molar-refractivity contribution in [1.82, 2.24) is 4.90 Å². The van der Waals surface area contributed by atoms with Crippen molar-refractivity contribution in [3.63, 3.8) is 0 Å². The molecule has 1 saturated carbocycles. The molecule has 0 saturated heterocycles. The number of hydrogen-bond acceptors (Lipinski definition) is 2. The molecule has 3 nitrogen and oxygen atoms in total. The second-order valence-electron chi connectivity index (χ2n) is 7.30. The molecule has 1 N–H and O–H groups in total. The Morgan fingerprint density at radius 1 is 1.11 bits per heavy atom. The van der Waals surface area contributed by atoms with Crippen LogP contribution in [-0.4, -0.2) is 34.6 Å². The van der Waals surface area contributed by atoms with Gasteiger partial charge in [0.05, 0.1) is 0 Å². The number of carbonyl (C=O) groups is 1. The van der Waals surface area contributed by atoms with Crippen LogP contribution in [0.1, 0.15) is 60.3 Å². The Morgan fingerprint density at radius 3 is 2.06 bits per heavy atom. The van der Waals surface area contributed by atoms with E-state index < -0.39 is 11.5 Å². The first-order chi connectivity index (χ1) is 8.08. The molecule has 106 valence electrons. The topological polar surface area (TPSA) is 40.5 Å². The molecule has 1 fully saturated rings. The van der Waals surface area contributed by atoms with Crippen molar-refractivity contribution in [1.29, 1.82) is 0 Å². The Kier molecular flexibility index (Phi) is 4.47. The van der Waals surface area contributed by atoms with Crippen molar-refractivity contribution >= 4 is 5.97 Å². The van der Waals surface area contributed by atoms with Crippen LogP contribution in [0.3, 0.4) is 0 Å². The van der Waals surface area contributed by atoms with E-state index in [1.165, 1.54) is 19.3 Å². The summed E-state index contributed by atoms with van der Waals surface area (Å²) in [6.45, 7) is 10.4. The van der Waals surface area contributed by atoms with Gasteiger partial charge in [-0.15, -0.1) is 0 Å². The average Bonchev–Trinajstić information content (AvgIpc) is 2.26. The third kappa shape index (κ3) is 3.05. The number of aliphatic carboxylic acids is 1. The van der Waals surface area contributed by atoms with E-state index in [0.29, 0.717) is 12.0 Å². The molecule has 0 aromatic heterocycles. The van der Waals surface area contributed by atoms with E-state index in [1.807, 2.05) is 20.9 Å². The summed E-state index contributed by atoms with van der Waals surface area (Å²) in [6, 6.07) is 0.379. The first-order valence-corrected chi connectivity index (χ1v) is 7.05. The summed E-state index contributed by atoms with van der Waals surface area (Å²) in [7, 11) is 1.98. The van der Waals surface area contributed by atoms with Gasteiger partial charge >= 0.3 is 5.97 Å². The predicted octanol–water partition coefficient (Wildman–Crippen LogP) is 3.39. The highest BCUT2D eigenvalue weighted by atomic mass is 16.4. The molecule has 2 unspecified atom stereocenters. The van der Waals surface area contributed by atoms with E-state index in [4.69, 9.17) is 0 Å². The Hall–Kier alpha value is -0.570. The average molecular weight is 255 g/mol. The van der Waals surface area contributed by atoms with Gasteiger partial charge in [0.1, 0.15) is 5.54 Å². The van der Waals surface area contributed by atoms with Gasteiger partial charge in [0, 0.05) is 6.04 Å². The number of nitrogens with zero attached hydrogens (tertiary/aromatic N) is 1. The second kappa shape index (κ2) is 5.20. The number of hydrogen-bond donors (Lipinski definition) is 1. The minimum atomic E-state index is -0.786. The fourth-order valence-electron chi connectivity index (χ4n) is 3.15. The fraction of sp³-hybridized carbons (Fsp3) is 0.933. The Morgan fingerprint density at radius 2 is 1.61 bits per heavy atom. The zero-order chi connectivity index (χ0) is 14.1. The summed E-state index contributed by atoms with van der Waals surface area (Å²) in [5, 5.41) is 9.39. The van der Waals surface area contributed by atoms with Gasteiger partial charge in [-0.2, -0.15) is 0 Å². The van der Waals surface area contributed by atoms with Crippen molar-refractivity contribution in [3.05, 3.63) is 0 Å². The van der Waals surface area contributed by atoms with Gasteiger partial charge in [-0.1, -0.05) is 33.6 Å². The summed E-state index contributed by atoms with van der Waals surface area (Å²) >= 11 is 0. The number of likely N-dealkylation sites (N-methyl/N-ethyl adjacent to an activating group) is 1. The molecule has 0 heterocycles. The molecule has 0 bridgehead atoms. The molecule has 0 aromatic carbocycles. The Balaban J connectivity index is 2.94. The van der Waals surface area contributed by atoms with Crippen molar-refractivity contribution in [2.45, 2.75) is 71.9 Å². The van der Waals surface area contributed by atoms with E-state index in [9.17, 15) is 9.90 Å². The first kappa shape index (κ1) is 15.5. The van der Waals surface area contributed by atoms with Crippen molar-refractivity contribution in [2.24, 2.45) is 11.3 Å². The molecule has 1 aliphatic carbocycles. The van der Waals surface area contributed by atoms with Gasteiger partial charge in [0.15, 0.2) is 0 Å². The third-order valence-corrected chi connectivity index (χ3v) is 4.74. The smallest absolute Gasteiger partial charge is 0.323 e. The highest BCUT2D eigenvalue weighted by Gasteiger charge is 2.43. The minimum Gasteiger partial charge on any atom is -0.480 e. The number of carboxylic acid groups (broad SMARTS) is 1. The zero-order valence-corrected chi connectivity index (χ0v) is 12.8. The van der Waals surface area contributed by atoms with Gasteiger partial charge in [-0.25, -0.2) is 0 Å². The summed E-state index contributed by atoms with van der Waals surface area (Å²) in [4.78, 5) is 13.5. The van der Waals surface area contributed by atoms with E-state index >= 15 is 0 Å². The highest BCUT2D eigenvalue weighted by Crippen LogP contribution is 2.41. The molecule has 0 radical (unpaired) electrons. The lowest BCUT2D eigenvalue weighted by atomic mass is 9.68. The summed E-state index contributed by atoms with van der Waals surface area (Å²) < 4.78 is 0. The monoisotopic (exact) mass is 255 g/mol. The summed E-state index contributed by atoms with van der Waals surface area (Å²) in [5.41, 5.74) is -0.542. The standard InChI is InChI=1S/C15H29NO2/c1-14(2,3)11-9-7-8-10-12(11)16(6)15(4,5)13(17)18/h11-12H,7-10H2,1-6H3,(H,17,18). The first-order valence-electron chi connectivity index (χ1n) is 7.05. The lowest BCUT2D eigenvalue weighted by molar-refractivity contribution is -0.152. The van der Waals surface area contributed by atoms with Crippen LogP contribution in [0.25, 0.3) is 0 Å². The maximum absolute atomic E-state index is 11.4. The Labute approximate surface area is 112 Å². The molecular formula is C15H29NO2. The van der Waals surface area contributed by atoms with Gasteiger partial charge in [0.2, 0.25) is 0 Å². The molecule has 3 heteroatoms. The van der Waals surface area contributed by atoms with Crippen LogP contribution in [0.15, 0.2) is 0 Å². The van der Waals surface area contributed by atoms with Crippen molar-refractivity contribution in [3.8, 4) is 0 Å². The Bertz CT molecular complexity index is 304. The van der Waals surface area contributed by atoms with E-state index in [0.717, 1.165) is 6.42 Å². The lowest BCUT2D eigenvalue weighted by Gasteiger charge is -2.48. The fourth-order valence-corrected chi connectivity index (χ4v) is 3.15. The highest BCUT2D eigenvalue weighted by molar-refractivity contribution is 5.77. The maximum Gasteiger partial charge on any atom is 0.323 e. The third-order valence-electron chi connectivity index (χ3n) is 4.74. The SMILES string of the molecule is CN(C1CCCCC1C(C)(C)C)C(C)(C)C(=O)O. The van der Waals surface area contributed by atoms with Crippen LogP contribution < -0.4 is 0 Å². The van der Waals surface area contributed by atoms with E-state index in [1.54, 1.807) is 0 Å². The maximum atomic E-state index is 11.4. The van der Waals surface area contributed by atoms with Crippen LogP contribution in [0.5, 0.6) is 0 Å². The van der Waals surface area contributed by atoms with Gasteiger partial charge in [-0.05, 0) is 45.1 Å². The predicted molar refractivity (Wildman–Crippen MR) is 74.7 cm³/mol. The number of rotatable bonds is 3. The molecule has 1 rings (SSSR count). The normalized spacial score (nSPS) is 26.4. The molecule has 0 amide bonds.